The number of carbonyl (C=O) groups excluding carboxylic acids is 1. The van der Waals surface area contributed by atoms with E-state index < -0.39 is 0 Å². The van der Waals surface area contributed by atoms with Crippen molar-refractivity contribution in [3.63, 3.8) is 0 Å². The first-order chi connectivity index (χ1) is 9.16. The summed E-state index contributed by atoms with van der Waals surface area (Å²) >= 11 is 0. The van der Waals surface area contributed by atoms with Crippen molar-refractivity contribution in [2.45, 2.75) is 64.0 Å². The van der Waals surface area contributed by atoms with Gasteiger partial charge in [0.15, 0.2) is 0 Å². The number of nitrogens with two attached hydrogens (primary N) is 1. The number of rotatable bonds is 5. The topological polar surface area (TPSA) is 64.3 Å². The van der Waals surface area contributed by atoms with Crippen LogP contribution in [0.1, 0.15) is 51.9 Å². The third-order valence-electron chi connectivity index (χ3n) is 4.61. The van der Waals surface area contributed by atoms with Gasteiger partial charge in [0.05, 0.1) is 12.7 Å². The highest BCUT2D eigenvalue weighted by atomic mass is 16.5. The lowest BCUT2D eigenvalue weighted by Crippen LogP contribution is -2.35. The molecular weight excluding hydrogens is 240 g/mol. The van der Waals surface area contributed by atoms with Crippen molar-refractivity contribution in [1.29, 1.82) is 0 Å². The highest BCUT2D eigenvalue weighted by Gasteiger charge is 2.27. The molecule has 0 spiro atoms. The molecule has 19 heavy (non-hydrogen) atoms. The zero-order valence-electron chi connectivity index (χ0n) is 12.1. The van der Waals surface area contributed by atoms with E-state index in [-0.39, 0.29) is 17.9 Å². The molecule has 0 aliphatic heterocycles. The van der Waals surface area contributed by atoms with Crippen LogP contribution in [0, 0.1) is 11.8 Å². The fourth-order valence-corrected chi connectivity index (χ4v) is 3.31. The summed E-state index contributed by atoms with van der Waals surface area (Å²) in [5, 5.41) is 2.98. The Bertz CT molecular complexity index is 296. The Labute approximate surface area is 116 Å². The van der Waals surface area contributed by atoms with Crippen LogP contribution in [0.3, 0.4) is 0 Å². The average molecular weight is 268 g/mol. The lowest BCUT2D eigenvalue weighted by Gasteiger charge is -2.28. The van der Waals surface area contributed by atoms with Crippen molar-refractivity contribution in [1.82, 2.24) is 5.32 Å². The summed E-state index contributed by atoms with van der Waals surface area (Å²) in [5.74, 6) is 0.953. The summed E-state index contributed by atoms with van der Waals surface area (Å²) in [6, 6.07) is 0.218. The molecule has 0 saturated heterocycles. The van der Waals surface area contributed by atoms with E-state index in [1.165, 1.54) is 25.7 Å². The first kappa shape index (κ1) is 14.8. The molecule has 110 valence electrons. The van der Waals surface area contributed by atoms with Crippen LogP contribution in [0.15, 0.2) is 0 Å². The van der Waals surface area contributed by atoms with Crippen molar-refractivity contribution in [2.24, 2.45) is 17.6 Å². The maximum atomic E-state index is 11.9. The number of carbonyl (C=O) groups is 1. The van der Waals surface area contributed by atoms with Gasteiger partial charge in [-0.3, -0.25) is 4.79 Å². The summed E-state index contributed by atoms with van der Waals surface area (Å²) in [7, 11) is 0. The molecule has 4 heteroatoms. The van der Waals surface area contributed by atoms with Crippen molar-refractivity contribution in [2.75, 3.05) is 13.2 Å². The molecule has 2 rings (SSSR count). The van der Waals surface area contributed by atoms with E-state index in [2.05, 4.69) is 12.2 Å². The van der Waals surface area contributed by atoms with Crippen molar-refractivity contribution < 1.29 is 9.53 Å². The third-order valence-corrected chi connectivity index (χ3v) is 4.61. The molecule has 1 amide bonds. The van der Waals surface area contributed by atoms with E-state index in [1.54, 1.807) is 0 Å². The van der Waals surface area contributed by atoms with Crippen LogP contribution in [0.4, 0.5) is 0 Å². The van der Waals surface area contributed by atoms with Gasteiger partial charge in [-0.25, -0.2) is 0 Å². The van der Waals surface area contributed by atoms with Crippen LogP contribution in [0.5, 0.6) is 0 Å². The predicted molar refractivity (Wildman–Crippen MR) is 75.7 cm³/mol. The monoisotopic (exact) mass is 268 g/mol. The van der Waals surface area contributed by atoms with Gasteiger partial charge in [0.25, 0.3) is 0 Å². The number of nitrogens with one attached hydrogen (secondary N) is 1. The van der Waals surface area contributed by atoms with Crippen LogP contribution >= 0.6 is 0 Å². The first-order valence-electron chi connectivity index (χ1n) is 7.81. The first-order valence-corrected chi connectivity index (χ1v) is 7.81. The average Bonchev–Trinajstić information content (AvgIpc) is 2.83. The Morgan fingerprint density at radius 3 is 2.74 bits per heavy atom. The van der Waals surface area contributed by atoms with Gasteiger partial charge in [0.2, 0.25) is 5.91 Å². The molecule has 4 atom stereocenters. The Hall–Kier alpha value is -0.610. The third kappa shape index (κ3) is 4.46. The van der Waals surface area contributed by atoms with Crippen molar-refractivity contribution >= 4 is 5.91 Å². The highest BCUT2D eigenvalue weighted by molar-refractivity contribution is 5.78. The van der Waals surface area contributed by atoms with E-state index >= 15 is 0 Å². The minimum Gasteiger partial charge on any atom is -0.376 e. The van der Waals surface area contributed by atoms with E-state index in [9.17, 15) is 4.79 Å². The Morgan fingerprint density at radius 2 is 2.05 bits per heavy atom. The maximum Gasteiger partial charge on any atom is 0.223 e. The smallest absolute Gasteiger partial charge is 0.223 e. The summed E-state index contributed by atoms with van der Waals surface area (Å²) < 4.78 is 5.89. The van der Waals surface area contributed by atoms with Gasteiger partial charge in [-0.1, -0.05) is 19.8 Å². The van der Waals surface area contributed by atoms with E-state index in [0.29, 0.717) is 25.2 Å². The summed E-state index contributed by atoms with van der Waals surface area (Å²) in [5.41, 5.74) is 5.83. The molecule has 0 aromatic rings. The number of amides is 1. The molecule has 0 radical (unpaired) electrons. The van der Waals surface area contributed by atoms with E-state index in [4.69, 9.17) is 10.5 Å². The fourth-order valence-electron chi connectivity index (χ4n) is 3.31. The SMILES string of the molecule is CC1CCCCC1OCCNC(=O)C1CCC(N)C1. The van der Waals surface area contributed by atoms with Gasteiger partial charge in [-0.05, 0) is 38.0 Å². The lowest BCUT2D eigenvalue weighted by atomic mass is 9.88. The molecule has 0 bridgehead atoms. The summed E-state index contributed by atoms with van der Waals surface area (Å²) in [4.78, 5) is 11.9. The minimum absolute atomic E-state index is 0.128. The normalized spacial score (nSPS) is 35.3. The summed E-state index contributed by atoms with van der Waals surface area (Å²) in [6.45, 7) is 3.54. The Balaban J connectivity index is 1.57. The molecule has 4 unspecified atom stereocenters. The second kappa shape index (κ2) is 7.25. The van der Waals surface area contributed by atoms with E-state index in [0.717, 1.165) is 19.3 Å². The zero-order valence-corrected chi connectivity index (χ0v) is 12.1. The second-order valence-corrected chi connectivity index (χ2v) is 6.23. The van der Waals surface area contributed by atoms with Crippen LogP contribution in [0.25, 0.3) is 0 Å². The van der Waals surface area contributed by atoms with Gasteiger partial charge in [0.1, 0.15) is 0 Å². The van der Waals surface area contributed by atoms with Gasteiger partial charge < -0.3 is 15.8 Å². The molecule has 2 aliphatic carbocycles. The molecule has 0 heterocycles. The van der Waals surface area contributed by atoms with Gasteiger partial charge in [-0.15, -0.1) is 0 Å². The minimum atomic E-state index is 0.128. The Kier molecular flexibility index (Phi) is 5.64. The molecule has 0 aromatic heterocycles. The molecule has 2 fully saturated rings. The lowest BCUT2D eigenvalue weighted by molar-refractivity contribution is -0.125. The molecule has 2 aliphatic rings. The summed E-state index contributed by atoms with van der Waals surface area (Å²) in [6.07, 6.45) is 8.21. The van der Waals surface area contributed by atoms with Crippen LogP contribution in [-0.4, -0.2) is 31.2 Å². The number of hydrogen-bond acceptors (Lipinski definition) is 3. The Morgan fingerprint density at radius 1 is 1.26 bits per heavy atom. The standard InChI is InChI=1S/C15H28N2O2/c1-11-4-2-3-5-14(11)19-9-8-17-15(18)12-6-7-13(16)10-12/h11-14H,2-10,16H2,1H3,(H,17,18). The molecule has 3 N–H and O–H groups in total. The van der Waals surface area contributed by atoms with Gasteiger partial charge in [0, 0.05) is 18.5 Å². The van der Waals surface area contributed by atoms with Crippen molar-refractivity contribution in [3.8, 4) is 0 Å². The van der Waals surface area contributed by atoms with Crippen LogP contribution in [-0.2, 0) is 9.53 Å². The molecule has 2 saturated carbocycles. The predicted octanol–water partition coefficient (Wildman–Crippen LogP) is 1.83. The second-order valence-electron chi connectivity index (χ2n) is 6.23. The molecule has 0 aromatic carbocycles. The number of hydrogen-bond donors (Lipinski definition) is 2. The largest absolute Gasteiger partial charge is 0.376 e. The fraction of sp³-hybridized carbons (Fsp3) is 0.933. The van der Waals surface area contributed by atoms with Crippen molar-refractivity contribution in [3.05, 3.63) is 0 Å². The maximum absolute atomic E-state index is 11.9. The van der Waals surface area contributed by atoms with Crippen LogP contribution in [0.2, 0.25) is 0 Å². The number of ether oxygens (including phenoxy) is 1. The highest BCUT2D eigenvalue weighted by Crippen LogP contribution is 2.26. The zero-order chi connectivity index (χ0) is 13.7. The van der Waals surface area contributed by atoms with Gasteiger partial charge >= 0.3 is 0 Å². The van der Waals surface area contributed by atoms with Crippen LogP contribution < -0.4 is 11.1 Å². The van der Waals surface area contributed by atoms with Gasteiger partial charge in [-0.2, -0.15) is 0 Å². The quantitative estimate of drug-likeness (QED) is 0.748. The van der Waals surface area contributed by atoms with E-state index in [1.807, 2.05) is 0 Å². The molecular formula is C15H28N2O2. The molecule has 4 nitrogen and oxygen atoms in total.